The predicted molar refractivity (Wildman–Crippen MR) is 80.0 cm³/mol. The van der Waals surface area contributed by atoms with E-state index in [1.54, 1.807) is 0 Å². The highest BCUT2D eigenvalue weighted by atomic mass is 16.3. The molecule has 0 aromatic rings. The van der Waals surface area contributed by atoms with Crippen molar-refractivity contribution in [3.8, 4) is 0 Å². The minimum atomic E-state index is -0.562. The topological polar surface area (TPSA) is 49.5 Å². The van der Waals surface area contributed by atoms with Crippen molar-refractivity contribution in [2.45, 2.75) is 64.4 Å². The van der Waals surface area contributed by atoms with Gasteiger partial charge in [0.2, 0.25) is 0 Å². The average Bonchev–Trinajstić information content (AvgIpc) is 2.80. The van der Waals surface area contributed by atoms with Crippen molar-refractivity contribution in [2.75, 3.05) is 26.2 Å². The van der Waals surface area contributed by atoms with Gasteiger partial charge in [0, 0.05) is 6.54 Å². The van der Waals surface area contributed by atoms with Crippen molar-refractivity contribution >= 4 is 0 Å². The van der Waals surface area contributed by atoms with Crippen molar-refractivity contribution in [1.29, 1.82) is 0 Å². The van der Waals surface area contributed by atoms with Crippen molar-refractivity contribution < 1.29 is 5.11 Å². The van der Waals surface area contributed by atoms with Gasteiger partial charge in [-0.2, -0.15) is 0 Å². The van der Waals surface area contributed by atoms with Crippen molar-refractivity contribution in [2.24, 2.45) is 17.1 Å². The lowest BCUT2D eigenvalue weighted by molar-refractivity contribution is 0.00192. The first-order valence-corrected chi connectivity index (χ1v) is 8.16. The first-order valence-electron chi connectivity index (χ1n) is 8.16. The molecule has 0 aromatic heterocycles. The summed E-state index contributed by atoms with van der Waals surface area (Å²) in [5.41, 5.74) is 5.77. The van der Waals surface area contributed by atoms with E-state index in [0.29, 0.717) is 17.9 Å². The van der Waals surface area contributed by atoms with Crippen LogP contribution in [0.5, 0.6) is 0 Å². The van der Waals surface area contributed by atoms with Crippen LogP contribution in [-0.2, 0) is 0 Å². The van der Waals surface area contributed by atoms with E-state index in [4.69, 9.17) is 5.73 Å². The molecule has 1 aliphatic carbocycles. The zero-order valence-corrected chi connectivity index (χ0v) is 12.8. The van der Waals surface area contributed by atoms with Gasteiger partial charge in [-0.15, -0.1) is 0 Å². The maximum atomic E-state index is 10.5. The van der Waals surface area contributed by atoms with E-state index >= 15 is 0 Å². The molecule has 1 heterocycles. The van der Waals surface area contributed by atoms with Crippen LogP contribution in [0.15, 0.2) is 0 Å². The molecule has 0 bridgehead atoms. The van der Waals surface area contributed by atoms with Crippen LogP contribution in [0, 0.1) is 11.3 Å². The molecule has 2 unspecified atom stereocenters. The summed E-state index contributed by atoms with van der Waals surface area (Å²) < 4.78 is 0. The number of aliphatic hydroxyl groups is 1. The van der Waals surface area contributed by atoms with Crippen LogP contribution in [0.1, 0.15) is 58.8 Å². The standard InChI is InChI=1S/C16H32N2O/c1-3-15(2)8-11-18(12-9-15)10-6-14-5-4-7-16(14,19)13-17/h14,19H,3-13,17H2,1-2H3. The van der Waals surface area contributed by atoms with Gasteiger partial charge in [0.25, 0.3) is 0 Å². The predicted octanol–water partition coefficient (Wildman–Crippen LogP) is 2.38. The molecule has 19 heavy (non-hydrogen) atoms. The van der Waals surface area contributed by atoms with E-state index in [2.05, 4.69) is 18.7 Å². The summed E-state index contributed by atoms with van der Waals surface area (Å²) in [5.74, 6) is 0.428. The Bertz CT molecular complexity index is 286. The molecule has 1 saturated carbocycles. The minimum absolute atomic E-state index is 0.428. The summed E-state index contributed by atoms with van der Waals surface area (Å²) in [5, 5.41) is 10.5. The highest BCUT2D eigenvalue weighted by molar-refractivity contribution is 4.93. The lowest BCUT2D eigenvalue weighted by Gasteiger charge is -2.40. The van der Waals surface area contributed by atoms with Crippen molar-refractivity contribution in [1.82, 2.24) is 4.90 Å². The van der Waals surface area contributed by atoms with Gasteiger partial charge < -0.3 is 15.7 Å². The second-order valence-corrected chi connectivity index (χ2v) is 7.19. The Kier molecular flexibility index (Phi) is 4.91. The Morgan fingerprint density at radius 3 is 2.53 bits per heavy atom. The number of hydrogen-bond acceptors (Lipinski definition) is 3. The lowest BCUT2D eigenvalue weighted by atomic mass is 9.78. The molecule has 3 nitrogen and oxygen atoms in total. The molecular weight excluding hydrogens is 236 g/mol. The van der Waals surface area contributed by atoms with E-state index < -0.39 is 5.60 Å². The summed E-state index contributed by atoms with van der Waals surface area (Å²) >= 11 is 0. The number of nitrogens with two attached hydrogens (primary N) is 1. The molecule has 0 spiro atoms. The van der Waals surface area contributed by atoms with Crippen LogP contribution in [0.3, 0.4) is 0 Å². The maximum absolute atomic E-state index is 10.5. The van der Waals surface area contributed by atoms with E-state index in [0.717, 1.165) is 32.2 Å². The molecule has 2 aliphatic rings. The van der Waals surface area contributed by atoms with Gasteiger partial charge >= 0.3 is 0 Å². The zero-order valence-electron chi connectivity index (χ0n) is 12.8. The molecule has 112 valence electrons. The lowest BCUT2D eigenvalue weighted by Crippen LogP contribution is -2.44. The van der Waals surface area contributed by atoms with Gasteiger partial charge in [0.15, 0.2) is 0 Å². The summed E-state index contributed by atoms with van der Waals surface area (Å²) in [6, 6.07) is 0. The van der Waals surface area contributed by atoms with Crippen LogP contribution in [0.4, 0.5) is 0 Å². The Labute approximate surface area is 118 Å². The summed E-state index contributed by atoms with van der Waals surface area (Å²) in [6.07, 6.45) is 8.29. The molecule has 0 amide bonds. The third kappa shape index (κ3) is 3.50. The van der Waals surface area contributed by atoms with Gasteiger partial charge in [-0.3, -0.25) is 0 Å². The first-order chi connectivity index (χ1) is 9.01. The van der Waals surface area contributed by atoms with Crippen LogP contribution in [0.2, 0.25) is 0 Å². The van der Waals surface area contributed by atoms with Crippen LogP contribution < -0.4 is 5.73 Å². The number of rotatable bonds is 5. The van der Waals surface area contributed by atoms with E-state index in [1.807, 2.05) is 0 Å². The summed E-state index contributed by atoms with van der Waals surface area (Å²) in [7, 11) is 0. The van der Waals surface area contributed by atoms with E-state index in [1.165, 1.54) is 32.4 Å². The molecule has 2 rings (SSSR count). The van der Waals surface area contributed by atoms with Gasteiger partial charge in [0.05, 0.1) is 5.60 Å². The van der Waals surface area contributed by atoms with Crippen molar-refractivity contribution in [3.63, 3.8) is 0 Å². The molecule has 1 aliphatic heterocycles. The maximum Gasteiger partial charge on any atom is 0.0797 e. The van der Waals surface area contributed by atoms with Gasteiger partial charge in [-0.25, -0.2) is 0 Å². The van der Waals surface area contributed by atoms with Gasteiger partial charge in [-0.1, -0.05) is 26.7 Å². The SMILES string of the molecule is CCC1(C)CCN(CCC2CCCC2(O)CN)CC1. The Balaban J connectivity index is 1.75. The summed E-state index contributed by atoms with van der Waals surface area (Å²) in [4.78, 5) is 2.59. The fraction of sp³-hybridized carbons (Fsp3) is 1.00. The first kappa shape index (κ1) is 15.3. The largest absolute Gasteiger partial charge is 0.388 e. The fourth-order valence-corrected chi connectivity index (χ4v) is 3.82. The normalized spacial score (nSPS) is 35.7. The highest BCUT2D eigenvalue weighted by Crippen LogP contribution is 2.38. The van der Waals surface area contributed by atoms with Crippen LogP contribution in [0.25, 0.3) is 0 Å². The Hall–Kier alpha value is -0.120. The number of hydrogen-bond donors (Lipinski definition) is 2. The van der Waals surface area contributed by atoms with Gasteiger partial charge in [0.1, 0.15) is 0 Å². The third-order valence-corrected chi connectivity index (χ3v) is 5.99. The van der Waals surface area contributed by atoms with Crippen LogP contribution >= 0.6 is 0 Å². The number of piperidine rings is 1. The molecule has 0 aromatic carbocycles. The Morgan fingerprint density at radius 2 is 1.95 bits per heavy atom. The molecule has 3 N–H and O–H groups in total. The smallest absolute Gasteiger partial charge is 0.0797 e. The van der Waals surface area contributed by atoms with Gasteiger partial charge in [-0.05, 0) is 63.1 Å². The second-order valence-electron chi connectivity index (χ2n) is 7.19. The van der Waals surface area contributed by atoms with E-state index in [9.17, 15) is 5.11 Å². The second kappa shape index (κ2) is 6.11. The molecule has 3 heteroatoms. The molecule has 0 radical (unpaired) electrons. The quantitative estimate of drug-likeness (QED) is 0.805. The number of nitrogens with zero attached hydrogens (tertiary/aromatic N) is 1. The molecule has 2 fully saturated rings. The highest BCUT2D eigenvalue weighted by Gasteiger charge is 2.39. The minimum Gasteiger partial charge on any atom is -0.388 e. The molecular formula is C16H32N2O. The van der Waals surface area contributed by atoms with E-state index in [-0.39, 0.29) is 0 Å². The van der Waals surface area contributed by atoms with Crippen molar-refractivity contribution in [3.05, 3.63) is 0 Å². The fourth-order valence-electron chi connectivity index (χ4n) is 3.82. The number of likely N-dealkylation sites (tertiary alicyclic amines) is 1. The monoisotopic (exact) mass is 268 g/mol. The average molecular weight is 268 g/mol. The molecule has 1 saturated heterocycles. The van der Waals surface area contributed by atoms with Crippen LogP contribution in [-0.4, -0.2) is 41.8 Å². The zero-order chi connectivity index (χ0) is 13.9. The Morgan fingerprint density at radius 1 is 1.26 bits per heavy atom. The summed E-state index contributed by atoms with van der Waals surface area (Å²) in [6.45, 7) is 8.79. The molecule has 2 atom stereocenters. The third-order valence-electron chi connectivity index (χ3n) is 5.99.